The van der Waals surface area contributed by atoms with Crippen LogP contribution in [0.15, 0.2) is 52.6 Å². The molecule has 3 heterocycles. The van der Waals surface area contributed by atoms with Gasteiger partial charge in [0, 0.05) is 40.0 Å². The Hall–Kier alpha value is -3.28. The van der Waals surface area contributed by atoms with E-state index in [1.54, 1.807) is 36.0 Å². The fourth-order valence-corrected chi connectivity index (χ4v) is 6.03. The molecular formula is C25H25ClN6O4S. The molecule has 2 aromatic carbocycles. The van der Waals surface area contributed by atoms with Gasteiger partial charge in [-0.3, -0.25) is 24.5 Å². The summed E-state index contributed by atoms with van der Waals surface area (Å²) in [5.74, 6) is -0.437. The van der Waals surface area contributed by atoms with Crippen molar-refractivity contribution in [3.05, 3.63) is 74.6 Å². The van der Waals surface area contributed by atoms with Gasteiger partial charge in [-0.15, -0.1) is 10.2 Å². The Bertz CT molecular complexity index is 1390. The maximum Gasteiger partial charge on any atom is 0.303 e. The third-order valence-electron chi connectivity index (χ3n) is 6.63. The van der Waals surface area contributed by atoms with Crippen LogP contribution in [0.5, 0.6) is 0 Å². The minimum atomic E-state index is -0.945. The van der Waals surface area contributed by atoms with Gasteiger partial charge < -0.3 is 10.0 Å². The van der Waals surface area contributed by atoms with E-state index in [0.717, 1.165) is 25.9 Å². The smallest absolute Gasteiger partial charge is 0.303 e. The lowest BCUT2D eigenvalue weighted by molar-refractivity contribution is -0.384. The molecule has 12 heteroatoms. The van der Waals surface area contributed by atoms with Crippen molar-refractivity contribution in [3.63, 3.8) is 0 Å². The molecule has 5 rings (SSSR count). The van der Waals surface area contributed by atoms with Crippen LogP contribution in [0.2, 0.25) is 5.02 Å². The van der Waals surface area contributed by atoms with Gasteiger partial charge in [-0.25, -0.2) is 0 Å². The van der Waals surface area contributed by atoms with Crippen LogP contribution in [-0.4, -0.2) is 66.8 Å². The lowest BCUT2D eigenvalue weighted by Gasteiger charge is -2.28. The van der Waals surface area contributed by atoms with Crippen LogP contribution in [0.1, 0.15) is 48.7 Å². The Kier molecular flexibility index (Phi) is 7.27. The molecule has 0 amide bonds. The van der Waals surface area contributed by atoms with Gasteiger partial charge in [0.1, 0.15) is 6.04 Å². The molecule has 0 spiro atoms. The van der Waals surface area contributed by atoms with Crippen LogP contribution in [0, 0.1) is 10.1 Å². The summed E-state index contributed by atoms with van der Waals surface area (Å²) >= 11 is 8.19. The highest BCUT2D eigenvalue weighted by molar-refractivity contribution is 7.99. The van der Waals surface area contributed by atoms with Gasteiger partial charge in [0.15, 0.2) is 11.0 Å². The fourth-order valence-electron chi connectivity index (χ4n) is 4.68. The van der Waals surface area contributed by atoms with Crippen LogP contribution in [0.25, 0.3) is 5.69 Å². The number of aliphatic imine (C=N–C) groups is 1. The minimum Gasteiger partial charge on any atom is -0.481 e. The maximum absolute atomic E-state index is 11.7. The highest BCUT2D eigenvalue weighted by Crippen LogP contribution is 2.39. The standard InChI is InChI=1S/C25H25ClN6O4S/c1-30-12-10-16(11-13-30)37-25-29-28-24-20(7-9-22(33)34)27-23(17-4-2-3-5-19(17)26)18-14-15(32(35)36)6-8-21(18)31(24)25/h2-6,8,14,16,20H,7,9-13H2,1H3,(H,33,34)/t20-/m0/s1. The number of nitrogens with zero attached hydrogens (tertiary/aromatic N) is 6. The van der Waals surface area contributed by atoms with Crippen molar-refractivity contribution in [3.8, 4) is 5.69 Å². The zero-order valence-corrected chi connectivity index (χ0v) is 21.7. The van der Waals surface area contributed by atoms with Crippen molar-refractivity contribution in [2.45, 2.75) is 42.1 Å². The Morgan fingerprint density at radius 2 is 1.95 bits per heavy atom. The number of thioether (sulfide) groups is 1. The summed E-state index contributed by atoms with van der Waals surface area (Å²) in [6.45, 7) is 1.98. The quantitative estimate of drug-likeness (QED) is 0.335. The van der Waals surface area contributed by atoms with Gasteiger partial charge in [-0.1, -0.05) is 41.6 Å². The van der Waals surface area contributed by atoms with Crippen molar-refractivity contribution in [1.82, 2.24) is 19.7 Å². The number of carboxylic acids is 1. The third kappa shape index (κ3) is 5.25. The molecule has 0 bridgehead atoms. The first-order chi connectivity index (χ1) is 17.8. The van der Waals surface area contributed by atoms with E-state index in [-0.39, 0.29) is 18.5 Å². The second-order valence-electron chi connectivity index (χ2n) is 9.16. The number of piperidine rings is 1. The second kappa shape index (κ2) is 10.6. The summed E-state index contributed by atoms with van der Waals surface area (Å²) in [6.07, 6.45) is 2.07. The molecule has 37 heavy (non-hydrogen) atoms. The Labute approximate surface area is 222 Å². The zero-order valence-electron chi connectivity index (χ0n) is 20.1. The molecule has 192 valence electrons. The number of benzene rings is 2. The predicted octanol–water partition coefficient (Wildman–Crippen LogP) is 4.77. The maximum atomic E-state index is 11.7. The number of hydrogen-bond acceptors (Lipinski definition) is 8. The number of nitro groups is 1. The molecule has 2 aliphatic rings. The summed E-state index contributed by atoms with van der Waals surface area (Å²) in [4.78, 5) is 30.0. The summed E-state index contributed by atoms with van der Waals surface area (Å²) in [5, 5.41) is 31.5. The molecule has 1 atom stereocenters. The second-order valence-corrected chi connectivity index (χ2v) is 10.8. The van der Waals surface area contributed by atoms with E-state index >= 15 is 0 Å². The number of rotatable bonds is 7. The summed E-state index contributed by atoms with van der Waals surface area (Å²) in [7, 11) is 2.10. The lowest BCUT2D eigenvalue weighted by atomic mass is 9.99. The van der Waals surface area contributed by atoms with Gasteiger partial charge >= 0.3 is 5.97 Å². The van der Waals surface area contributed by atoms with Crippen molar-refractivity contribution in [1.29, 1.82) is 0 Å². The van der Waals surface area contributed by atoms with Crippen LogP contribution in [0.4, 0.5) is 5.69 Å². The normalized spacial score (nSPS) is 18.0. The molecule has 1 aromatic heterocycles. The van der Waals surface area contributed by atoms with Gasteiger partial charge in [-0.05, 0) is 51.5 Å². The number of fused-ring (bicyclic) bond motifs is 3. The van der Waals surface area contributed by atoms with Gasteiger partial charge in [-0.2, -0.15) is 0 Å². The number of non-ortho nitro benzene ring substituents is 1. The third-order valence-corrected chi connectivity index (χ3v) is 8.24. The molecule has 3 aromatic rings. The fraction of sp³-hybridized carbons (Fsp3) is 0.360. The number of aliphatic carboxylic acids is 1. The molecule has 0 radical (unpaired) electrons. The van der Waals surface area contributed by atoms with Crippen molar-refractivity contribution < 1.29 is 14.8 Å². The molecular weight excluding hydrogens is 516 g/mol. The van der Waals surface area contributed by atoms with E-state index in [1.807, 2.05) is 10.6 Å². The molecule has 0 unspecified atom stereocenters. The number of nitro benzene ring substituents is 1. The molecule has 2 aliphatic heterocycles. The van der Waals surface area contributed by atoms with Gasteiger partial charge in [0.05, 0.1) is 16.3 Å². The highest BCUT2D eigenvalue weighted by Gasteiger charge is 2.32. The van der Waals surface area contributed by atoms with Gasteiger partial charge in [0.2, 0.25) is 0 Å². The summed E-state index contributed by atoms with van der Waals surface area (Å²) in [6, 6.07) is 11.1. The first kappa shape index (κ1) is 25.4. The van der Waals surface area contributed by atoms with E-state index in [2.05, 4.69) is 22.1 Å². The Balaban J connectivity index is 1.69. The van der Waals surface area contributed by atoms with Crippen LogP contribution < -0.4 is 0 Å². The molecule has 0 saturated carbocycles. The van der Waals surface area contributed by atoms with Crippen molar-refractivity contribution in [2.24, 2.45) is 4.99 Å². The molecule has 1 fully saturated rings. The lowest BCUT2D eigenvalue weighted by Crippen LogP contribution is -2.31. The number of hydrogen-bond donors (Lipinski definition) is 1. The van der Waals surface area contributed by atoms with Crippen LogP contribution in [-0.2, 0) is 4.79 Å². The summed E-state index contributed by atoms with van der Waals surface area (Å²) in [5.41, 5.74) is 2.15. The Morgan fingerprint density at radius 3 is 2.65 bits per heavy atom. The molecule has 10 nitrogen and oxygen atoms in total. The van der Waals surface area contributed by atoms with E-state index in [4.69, 9.17) is 16.6 Å². The average Bonchev–Trinajstić information content (AvgIpc) is 3.22. The molecule has 0 aliphatic carbocycles. The SMILES string of the molecule is CN1CCC(Sc2nnc3n2-c2ccc([N+](=O)[O-])cc2C(c2ccccc2Cl)=N[C@H]3CCC(=O)O)CC1. The summed E-state index contributed by atoms with van der Waals surface area (Å²) < 4.78 is 1.89. The predicted molar refractivity (Wildman–Crippen MR) is 141 cm³/mol. The first-order valence-electron chi connectivity index (χ1n) is 12.0. The first-order valence-corrected chi connectivity index (χ1v) is 13.2. The number of carboxylic acid groups (broad SMARTS) is 1. The zero-order chi connectivity index (χ0) is 26.1. The average molecular weight is 541 g/mol. The minimum absolute atomic E-state index is 0.0818. The van der Waals surface area contributed by atoms with Crippen LogP contribution >= 0.6 is 23.4 Å². The molecule has 1 saturated heterocycles. The molecule has 1 N–H and O–H groups in total. The van der Waals surface area contributed by atoms with E-state index in [9.17, 15) is 20.0 Å². The van der Waals surface area contributed by atoms with Gasteiger partial charge in [0.25, 0.3) is 5.69 Å². The van der Waals surface area contributed by atoms with E-state index in [0.29, 0.717) is 43.8 Å². The number of carbonyl (C=O) groups is 1. The topological polar surface area (TPSA) is 127 Å². The number of halogens is 1. The van der Waals surface area contributed by atoms with E-state index in [1.165, 1.54) is 12.1 Å². The van der Waals surface area contributed by atoms with Crippen molar-refractivity contribution >= 4 is 40.7 Å². The van der Waals surface area contributed by atoms with Crippen LogP contribution in [0.3, 0.4) is 0 Å². The highest BCUT2D eigenvalue weighted by atomic mass is 35.5. The number of likely N-dealkylation sites (tertiary alicyclic amines) is 1. The van der Waals surface area contributed by atoms with E-state index < -0.39 is 16.9 Å². The number of aromatic nitrogens is 3. The largest absolute Gasteiger partial charge is 0.481 e. The van der Waals surface area contributed by atoms with Crippen molar-refractivity contribution in [2.75, 3.05) is 20.1 Å². The monoisotopic (exact) mass is 540 g/mol. The Morgan fingerprint density at radius 1 is 1.19 bits per heavy atom.